The minimum Gasteiger partial charge on any atom is -0.350 e. The first kappa shape index (κ1) is 11.3. The molecule has 0 radical (unpaired) electrons. The number of carbonyl (C=O) groups excluding carboxylic acids is 1. The number of aryl methyl sites for hydroxylation is 1. The molecule has 0 fully saturated rings. The van der Waals surface area contributed by atoms with E-state index in [0.29, 0.717) is 11.1 Å². The second-order valence-corrected chi connectivity index (χ2v) is 3.83. The van der Waals surface area contributed by atoms with Crippen LogP contribution in [0.1, 0.15) is 35.3 Å². The Morgan fingerprint density at radius 1 is 1.40 bits per heavy atom. The van der Waals surface area contributed by atoms with E-state index in [9.17, 15) is 4.79 Å². The molecule has 0 heterocycles. The standard InChI is InChI=1S/C12H14N2O/c1-8(2)14-12(15)11-5-9(3)4-10(6-11)7-13/h4-6,8H,1-3H3,(H,14,15). The van der Waals surface area contributed by atoms with Crippen LogP contribution in [0.2, 0.25) is 0 Å². The second kappa shape index (κ2) is 4.61. The van der Waals surface area contributed by atoms with Gasteiger partial charge in [0.2, 0.25) is 0 Å². The summed E-state index contributed by atoms with van der Waals surface area (Å²) in [5.41, 5.74) is 1.98. The maximum Gasteiger partial charge on any atom is 0.251 e. The number of hydrogen-bond donors (Lipinski definition) is 1. The zero-order valence-electron chi connectivity index (χ0n) is 9.16. The number of rotatable bonds is 2. The van der Waals surface area contributed by atoms with Crippen molar-refractivity contribution in [2.24, 2.45) is 0 Å². The molecule has 0 unspecified atom stereocenters. The maximum absolute atomic E-state index is 11.7. The zero-order valence-corrected chi connectivity index (χ0v) is 9.16. The molecule has 0 spiro atoms. The van der Waals surface area contributed by atoms with Gasteiger partial charge in [0.1, 0.15) is 0 Å². The van der Waals surface area contributed by atoms with Gasteiger partial charge >= 0.3 is 0 Å². The molecule has 0 atom stereocenters. The van der Waals surface area contributed by atoms with Crippen LogP contribution in [0.15, 0.2) is 18.2 Å². The van der Waals surface area contributed by atoms with E-state index in [-0.39, 0.29) is 11.9 Å². The fourth-order valence-corrected chi connectivity index (χ4v) is 1.32. The lowest BCUT2D eigenvalue weighted by molar-refractivity contribution is 0.0943. The number of amides is 1. The molecule has 0 saturated carbocycles. The summed E-state index contributed by atoms with van der Waals surface area (Å²) in [4.78, 5) is 11.7. The molecular weight excluding hydrogens is 188 g/mol. The van der Waals surface area contributed by atoms with Crippen molar-refractivity contribution >= 4 is 5.91 Å². The molecule has 0 bridgehead atoms. The molecule has 1 aromatic rings. The van der Waals surface area contributed by atoms with Crippen LogP contribution in [-0.2, 0) is 0 Å². The number of benzene rings is 1. The van der Waals surface area contributed by atoms with E-state index in [1.807, 2.05) is 26.8 Å². The lowest BCUT2D eigenvalue weighted by atomic mass is 10.1. The third kappa shape index (κ3) is 3.10. The van der Waals surface area contributed by atoms with Crippen molar-refractivity contribution in [3.8, 4) is 6.07 Å². The van der Waals surface area contributed by atoms with Crippen LogP contribution in [0, 0.1) is 18.3 Å². The summed E-state index contributed by atoms with van der Waals surface area (Å²) in [6.07, 6.45) is 0. The third-order valence-electron chi connectivity index (χ3n) is 1.89. The van der Waals surface area contributed by atoms with E-state index >= 15 is 0 Å². The van der Waals surface area contributed by atoms with Crippen LogP contribution >= 0.6 is 0 Å². The topological polar surface area (TPSA) is 52.9 Å². The quantitative estimate of drug-likeness (QED) is 0.797. The van der Waals surface area contributed by atoms with Gasteiger partial charge in [-0.3, -0.25) is 4.79 Å². The van der Waals surface area contributed by atoms with Gasteiger partial charge in [-0.05, 0) is 44.5 Å². The summed E-state index contributed by atoms with van der Waals surface area (Å²) in [7, 11) is 0. The molecule has 3 nitrogen and oxygen atoms in total. The highest BCUT2D eigenvalue weighted by molar-refractivity contribution is 5.94. The third-order valence-corrected chi connectivity index (χ3v) is 1.89. The van der Waals surface area contributed by atoms with Crippen LogP contribution < -0.4 is 5.32 Å². The van der Waals surface area contributed by atoms with Gasteiger partial charge in [0.15, 0.2) is 0 Å². The molecule has 1 N–H and O–H groups in total. The Morgan fingerprint density at radius 3 is 2.60 bits per heavy atom. The van der Waals surface area contributed by atoms with Gasteiger partial charge in [-0.25, -0.2) is 0 Å². The van der Waals surface area contributed by atoms with Gasteiger partial charge in [-0.1, -0.05) is 0 Å². The molecule has 0 aliphatic carbocycles. The van der Waals surface area contributed by atoms with Crippen molar-refractivity contribution in [2.75, 3.05) is 0 Å². The average Bonchev–Trinajstić information content (AvgIpc) is 2.15. The summed E-state index contributed by atoms with van der Waals surface area (Å²) in [5.74, 6) is -0.134. The lowest BCUT2D eigenvalue weighted by Gasteiger charge is -2.08. The highest BCUT2D eigenvalue weighted by atomic mass is 16.1. The number of nitriles is 1. The summed E-state index contributed by atoms with van der Waals surface area (Å²) in [6, 6.07) is 7.27. The fraction of sp³-hybridized carbons (Fsp3) is 0.333. The Kier molecular flexibility index (Phi) is 3.46. The number of nitrogens with one attached hydrogen (secondary N) is 1. The zero-order chi connectivity index (χ0) is 11.4. The molecule has 0 aliphatic rings. The first-order valence-electron chi connectivity index (χ1n) is 4.85. The summed E-state index contributed by atoms with van der Waals surface area (Å²) in [5, 5.41) is 11.6. The first-order chi connectivity index (χ1) is 7.02. The van der Waals surface area contributed by atoms with Crippen molar-refractivity contribution in [2.45, 2.75) is 26.8 Å². The van der Waals surface area contributed by atoms with Crippen molar-refractivity contribution in [1.82, 2.24) is 5.32 Å². The molecule has 0 saturated heterocycles. The Bertz CT molecular complexity index is 416. The molecule has 0 aliphatic heterocycles. The van der Waals surface area contributed by atoms with Crippen molar-refractivity contribution in [3.05, 3.63) is 34.9 Å². The van der Waals surface area contributed by atoms with Gasteiger partial charge in [0.05, 0.1) is 11.6 Å². The molecule has 1 aromatic carbocycles. The van der Waals surface area contributed by atoms with E-state index in [1.165, 1.54) is 0 Å². The van der Waals surface area contributed by atoms with Crippen LogP contribution in [0.25, 0.3) is 0 Å². The summed E-state index contributed by atoms with van der Waals surface area (Å²) in [6.45, 7) is 5.67. The molecule has 1 rings (SSSR count). The number of nitrogens with zero attached hydrogens (tertiary/aromatic N) is 1. The highest BCUT2D eigenvalue weighted by Gasteiger charge is 2.08. The molecule has 0 aromatic heterocycles. The van der Waals surface area contributed by atoms with Crippen LogP contribution in [-0.4, -0.2) is 11.9 Å². The second-order valence-electron chi connectivity index (χ2n) is 3.83. The van der Waals surface area contributed by atoms with Crippen molar-refractivity contribution < 1.29 is 4.79 Å². The SMILES string of the molecule is Cc1cc(C#N)cc(C(=O)NC(C)C)c1. The van der Waals surface area contributed by atoms with Crippen molar-refractivity contribution in [1.29, 1.82) is 5.26 Å². The van der Waals surface area contributed by atoms with E-state index in [4.69, 9.17) is 5.26 Å². The first-order valence-corrected chi connectivity index (χ1v) is 4.85. The Balaban J connectivity index is 3.00. The van der Waals surface area contributed by atoms with E-state index in [1.54, 1.807) is 18.2 Å². The van der Waals surface area contributed by atoms with Gasteiger partial charge in [0, 0.05) is 11.6 Å². The number of carbonyl (C=O) groups is 1. The normalized spacial score (nSPS) is 9.80. The molecule has 3 heteroatoms. The van der Waals surface area contributed by atoms with Gasteiger partial charge in [-0.2, -0.15) is 5.26 Å². The fourth-order valence-electron chi connectivity index (χ4n) is 1.32. The molecule has 15 heavy (non-hydrogen) atoms. The lowest BCUT2D eigenvalue weighted by Crippen LogP contribution is -2.30. The average molecular weight is 202 g/mol. The summed E-state index contributed by atoms with van der Waals surface area (Å²) >= 11 is 0. The smallest absolute Gasteiger partial charge is 0.251 e. The largest absolute Gasteiger partial charge is 0.350 e. The van der Waals surface area contributed by atoms with Gasteiger partial charge in [0.25, 0.3) is 5.91 Å². The van der Waals surface area contributed by atoms with E-state index < -0.39 is 0 Å². The van der Waals surface area contributed by atoms with Crippen LogP contribution in [0.5, 0.6) is 0 Å². The minimum atomic E-state index is -0.134. The maximum atomic E-state index is 11.7. The Morgan fingerprint density at radius 2 is 2.07 bits per heavy atom. The number of hydrogen-bond acceptors (Lipinski definition) is 2. The van der Waals surface area contributed by atoms with E-state index in [2.05, 4.69) is 5.32 Å². The van der Waals surface area contributed by atoms with Crippen LogP contribution in [0.4, 0.5) is 0 Å². The minimum absolute atomic E-state index is 0.101. The summed E-state index contributed by atoms with van der Waals surface area (Å²) < 4.78 is 0. The Labute approximate surface area is 89.7 Å². The Hall–Kier alpha value is -1.82. The van der Waals surface area contributed by atoms with Crippen LogP contribution in [0.3, 0.4) is 0 Å². The van der Waals surface area contributed by atoms with Gasteiger partial charge < -0.3 is 5.32 Å². The van der Waals surface area contributed by atoms with Crippen molar-refractivity contribution in [3.63, 3.8) is 0 Å². The predicted octanol–water partition coefficient (Wildman–Crippen LogP) is 2.00. The van der Waals surface area contributed by atoms with Gasteiger partial charge in [-0.15, -0.1) is 0 Å². The monoisotopic (exact) mass is 202 g/mol. The molecule has 1 amide bonds. The predicted molar refractivity (Wildman–Crippen MR) is 58.5 cm³/mol. The molecular formula is C12H14N2O. The molecule has 78 valence electrons. The highest BCUT2D eigenvalue weighted by Crippen LogP contribution is 2.09. The van der Waals surface area contributed by atoms with E-state index in [0.717, 1.165) is 5.56 Å².